The van der Waals surface area contributed by atoms with Gasteiger partial charge < -0.3 is 10.0 Å². The van der Waals surface area contributed by atoms with E-state index in [2.05, 4.69) is 16.8 Å². The molecule has 126 valence electrons. The van der Waals surface area contributed by atoms with Crippen LogP contribution in [0.1, 0.15) is 22.8 Å². The van der Waals surface area contributed by atoms with Crippen LogP contribution < -0.4 is 0 Å². The van der Waals surface area contributed by atoms with Crippen molar-refractivity contribution in [3.05, 3.63) is 66.0 Å². The van der Waals surface area contributed by atoms with E-state index >= 15 is 0 Å². The van der Waals surface area contributed by atoms with Crippen LogP contribution in [0.2, 0.25) is 0 Å². The summed E-state index contributed by atoms with van der Waals surface area (Å²) in [5.74, 6) is -0.0166. The molecule has 2 atom stereocenters. The summed E-state index contributed by atoms with van der Waals surface area (Å²) in [6, 6.07) is 13.2. The molecule has 1 saturated heterocycles. The summed E-state index contributed by atoms with van der Waals surface area (Å²) < 4.78 is 0. The molecule has 1 aliphatic rings. The minimum Gasteiger partial charge on any atom is -0.390 e. The Balaban J connectivity index is 1.69. The van der Waals surface area contributed by atoms with Crippen LogP contribution in [0, 0.1) is 0 Å². The van der Waals surface area contributed by atoms with Crippen molar-refractivity contribution in [1.82, 2.24) is 14.8 Å². The predicted molar refractivity (Wildman–Crippen MR) is 92.5 cm³/mol. The average Bonchev–Trinajstić information content (AvgIpc) is 3.02. The zero-order valence-electron chi connectivity index (χ0n) is 13.9. The number of hydrogen-bond acceptors (Lipinski definition) is 4. The van der Waals surface area contributed by atoms with Gasteiger partial charge in [-0.05, 0) is 36.4 Å². The first-order valence-corrected chi connectivity index (χ1v) is 8.34. The van der Waals surface area contributed by atoms with Gasteiger partial charge in [-0.15, -0.1) is 0 Å². The van der Waals surface area contributed by atoms with E-state index in [4.69, 9.17) is 0 Å². The molecule has 0 radical (unpaired) electrons. The fourth-order valence-corrected chi connectivity index (χ4v) is 3.24. The smallest absolute Gasteiger partial charge is 0.253 e. The normalized spacial score (nSPS) is 20.5. The van der Waals surface area contributed by atoms with Crippen LogP contribution in [0.5, 0.6) is 0 Å². The second-order valence-electron chi connectivity index (χ2n) is 6.13. The van der Waals surface area contributed by atoms with Crippen LogP contribution >= 0.6 is 0 Å². The molecule has 1 aromatic carbocycles. The maximum Gasteiger partial charge on any atom is 0.253 e. The van der Waals surface area contributed by atoms with Crippen molar-refractivity contribution in [1.29, 1.82) is 0 Å². The number of hydrogen-bond donors (Lipinski definition) is 1. The van der Waals surface area contributed by atoms with Gasteiger partial charge in [-0.25, -0.2) is 0 Å². The Bertz CT molecular complexity index is 663. The van der Waals surface area contributed by atoms with Crippen molar-refractivity contribution in [2.24, 2.45) is 0 Å². The largest absolute Gasteiger partial charge is 0.390 e. The molecule has 5 heteroatoms. The highest BCUT2D eigenvalue weighted by molar-refractivity contribution is 5.94. The zero-order valence-corrected chi connectivity index (χ0v) is 13.9. The Morgan fingerprint density at radius 3 is 2.58 bits per heavy atom. The maximum absolute atomic E-state index is 12.6. The molecule has 0 unspecified atom stereocenters. The standard InChI is InChI=1S/C19H23N3O2/c1-2-21(12-15-8-10-20-11-9-15)17-13-22(14-18(17)23)19(24)16-6-4-3-5-7-16/h3-11,17-18,23H,2,12-14H2,1H3/t17-,18-/m1/s1. The highest BCUT2D eigenvalue weighted by atomic mass is 16.3. The Labute approximate surface area is 142 Å². The number of likely N-dealkylation sites (tertiary alicyclic amines) is 1. The number of rotatable bonds is 5. The van der Waals surface area contributed by atoms with Crippen molar-refractivity contribution in [3.8, 4) is 0 Å². The van der Waals surface area contributed by atoms with E-state index < -0.39 is 6.10 Å². The molecule has 1 fully saturated rings. The molecule has 5 nitrogen and oxygen atoms in total. The molecular formula is C19H23N3O2. The monoisotopic (exact) mass is 325 g/mol. The average molecular weight is 325 g/mol. The lowest BCUT2D eigenvalue weighted by molar-refractivity contribution is 0.0758. The molecule has 1 amide bonds. The fraction of sp³-hybridized carbons (Fsp3) is 0.368. The number of carbonyl (C=O) groups excluding carboxylic acids is 1. The maximum atomic E-state index is 12.6. The summed E-state index contributed by atoms with van der Waals surface area (Å²) in [4.78, 5) is 20.6. The first-order valence-electron chi connectivity index (χ1n) is 8.34. The number of carbonyl (C=O) groups is 1. The first kappa shape index (κ1) is 16.6. The minimum absolute atomic E-state index is 0.0166. The van der Waals surface area contributed by atoms with Crippen molar-refractivity contribution >= 4 is 5.91 Å². The van der Waals surface area contributed by atoms with Gasteiger partial charge in [0, 0.05) is 37.6 Å². The quantitative estimate of drug-likeness (QED) is 0.910. The molecule has 2 heterocycles. The zero-order chi connectivity index (χ0) is 16.9. The molecule has 1 aromatic heterocycles. The van der Waals surface area contributed by atoms with Crippen molar-refractivity contribution < 1.29 is 9.90 Å². The Morgan fingerprint density at radius 1 is 1.21 bits per heavy atom. The van der Waals surface area contributed by atoms with Gasteiger partial charge in [0.1, 0.15) is 0 Å². The number of nitrogens with zero attached hydrogens (tertiary/aromatic N) is 3. The first-order chi connectivity index (χ1) is 11.7. The van der Waals surface area contributed by atoms with Crippen LogP contribution in [0.15, 0.2) is 54.9 Å². The molecule has 1 N–H and O–H groups in total. The van der Waals surface area contributed by atoms with Crippen LogP contribution in [0.4, 0.5) is 0 Å². The lowest BCUT2D eigenvalue weighted by Crippen LogP contribution is -2.43. The van der Waals surface area contributed by atoms with Crippen LogP contribution in [-0.2, 0) is 6.54 Å². The summed E-state index contributed by atoms with van der Waals surface area (Å²) in [7, 11) is 0. The topological polar surface area (TPSA) is 56.7 Å². The fourth-order valence-electron chi connectivity index (χ4n) is 3.24. The number of aliphatic hydroxyl groups excluding tert-OH is 1. The van der Waals surface area contributed by atoms with E-state index in [9.17, 15) is 9.90 Å². The molecule has 1 aliphatic heterocycles. The second kappa shape index (κ2) is 7.55. The number of amides is 1. The third-order valence-electron chi connectivity index (χ3n) is 4.58. The van der Waals surface area contributed by atoms with Gasteiger partial charge in [0.25, 0.3) is 5.91 Å². The Morgan fingerprint density at radius 2 is 1.92 bits per heavy atom. The van der Waals surface area contributed by atoms with E-state index in [0.29, 0.717) is 18.7 Å². The number of likely N-dealkylation sites (N-methyl/N-ethyl adjacent to an activating group) is 1. The van der Waals surface area contributed by atoms with E-state index in [0.717, 1.165) is 18.7 Å². The SMILES string of the molecule is CCN(Cc1ccncc1)[C@@H]1CN(C(=O)c2ccccc2)C[C@H]1O. The van der Waals surface area contributed by atoms with Crippen LogP contribution in [0.25, 0.3) is 0 Å². The third-order valence-corrected chi connectivity index (χ3v) is 4.58. The number of aromatic nitrogens is 1. The molecule has 0 saturated carbocycles. The van der Waals surface area contributed by atoms with Gasteiger partial charge in [0.15, 0.2) is 0 Å². The summed E-state index contributed by atoms with van der Waals surface area (Å²) in [5.41, 5.74) is 1.83. The molecular weight excluding hydrogens is 302 g/mol. The molecule has 3 rings (SSSR count). The summed E-state index contributed by atoms with van der Waals surface area (Å²) in [5, 5.41) is 10.5. The van der Waals surface area contributed by atoms with Gasteiger partial charge in [-0.3, -0.25) is 14.7 Å². The molecule has 0 spiro atoms. The van der Waals surface area contributed by atoms with Crippen molar-refractivity contribution in [2.75, 3.05) is 19.6 Å². The summed E-state index contributed by atoms with van der Waals surface area (Å²) in [6.07, 6.45) is 3.03. The minimum atomic E-state index is -0.528. The number of aliphatic hydroxyl groups is 1. The van der Waals surface area contributed by atoms with E-state index in [1.165, 1.54) is 0 Å². The summed E-state index contributed by atoms with van der Waals surface area (Å²) in [6.45, 7) is 4.57. The lowest BCUT2D eigenvalue weighted by atomic mass is 10.1. The molecule has 0 bridgehead atoms. The highest BCUT2D eigenvalue weighted by Gasteiger charge is 2.37. The molecule has 24 heavy (non-hydrogen) atoms. The number of benzene rings is 1. The Kier molecular flexibility index (Phi) is 5.23. The van der Waals surface area contributed by atoms with Crippen molar-refractivity contribution in [2.45, 2.75) is 25.6 Å². The van der Waals surface area contributed by atoms with Gasteiger partial charge in [-0.1, -0.05) is 25.1 Å². The number of β-amino-alcohol motifs (C(OH)–C–C–N with tert-alkyl or cyclic N) is 1. The molecule has 2 aromatic rings. The highest BCUT2D eigenvalue weighted by Crippen LogP contribution is 2.20. The van der Waals surface area contributed by atoms with Gasteiger partial charge in [-0.2, -0.15) is 0 Å². The van der Waals surface area contributed by atoms with Gasteiger partial charge >= 0.3 is 0 Å². The number of pyridine rings is 1. The van der Waals surface area contributed by atoms with Crippen LogP contribution in [0.3, 0.4) is 0 Å². The molecule has 0 aliphatic carbocycles. The third kappa shape index (κ3) is 3.63. The lowest BCUT2D eigenvalue weighted by Gasteiger charge is -2.29. The second-order valence-corrected chi connectivity index (χ2v) is 6.13. The van der Waals surface area contributed by atoms with E-state index in [1.54, 1.807) is 17.3 Å². The van der Waals surface area contributed by atoms with Crippen molar-refractivity contribution in [3.63, 3.8) is 0 Å². The van der Waals surface area contributed by atoms with Crippen LogP contribution in [-0.4, -0.2) is 57.6 Å². The summed E-state index contributed by atoms with van der Waals surface area (Å²) >= 11 is 0. The Hall–Kier alpha value is -2.24. The van der Waals surface area contributed by atoms with Gasteiger partial charge in [0.2, 0.25) is 0 Å². The van der Waals surface area contributed by atoms with E-state index in [-0.39, 0.29) is 11.9 Å². The predicted octanol–water partition coefficient (Wildman–Crippen LogP) is 1.79. The van der Waals surface area contributed by atoms with E-state index in [1.807, 2.05) is 42.5 Å². The van der Waals surface area contributed by atoms with Gasteiger partial charge in [0.05, 0.1) is 12.1 Å².